The van der Waals surface area contributed by atoms with Gasteiger partial charge in [-0.3, -0.25) is 52.9 Å². The van der Waals surface area contributed by atoms with Gasteiger partial charge in [0.2, 0.25) is 53.2 Å². The number of H-pyrrole nitrogens is 1. The van der Waals surface area contributed by atoms with Crippen LogP contribution in [0.1, 0.15) is 116 Å². The SMILES string of the molecule is CC[C@H](C)[C@H](NC(=O)[C@@H](NC(=O)[C@@H](N)CCSC)[C@@H](C)CC)C(=O)N[C@@H](Cc1ccc(O)cc1)C(=O)N[C@@H](CCCN=C(N)N)C(=O)N[C@@H](CC(=O)O)C(=O)N[C@@H](CCCCN)C(=O)N[C@@H](CCCCN)C(=O)N[C@@H](CO)C(=O)N[C@@H](Cc1cnc[nH]1)C(=O)O. The molecule has 12 atom stereocenters. The van der Waals surface area contributed by atoms with Crippen LogP contribution < -0.4 is 76.5 Å². The van der Waals surface area contributed by atoms with Gasteiger partial charge in [-0.05, 0) is 112 Å². The molecular weight excluding hydrogens is 1190 g/mol. The summed E-state index contributed by atoms with van der Waals surface area (Å²) in [5, 5.41) is 62.9. The monoisotopic (exact) mass is 1290 g/mol. The fourth-order valence-electron chi connectivity index (χ4n) is 8.95. The lowest BCUT2D eigenvalue weighted by molar-refractivity contribution is -0.143. The van der Waals surface area contributed by atoms with Crippen LogP contribution in [0.2, 0.25) is 0 Å². The van der Waals surface area contributed by atoms with E-state index < -0.39 is 150 Å². The molecule has 0 saturated heterocycles. The molecule has 0 saturated carbocycles. The molecule has 0 unspecified atom stereocenters. The van der Waals surface area contributed by atoms with E-state index in [1.54, 1.807) is 20.8 Å². The summed E-state index contributed by atoms with van der Waals surface area (Å²) in [7, 11) is 0. The zero-order valence-electron chi connectivity index (χ0n) is 51.8. The first-order chi connectivity index (χ1) is 42.7. The van der Waals surface area contributed by atoms with Gasteiger partial charge in [-0.1, -0.05) is 52.7 Å². The number of phenolic OH excluding ortho intramolecular Hbond substituents is 1. The van der Waals surface area contributed by atoms with Gasteiger partial charge in [-0.2, -0.15) is 11.8 Å². The molecule has 2 rings (SSSR count). The van der Waals surface area contributed by atoms with Gasteiger partial charge in [0.1, 0.15) is 60.1 Å². The number of nitrogens with two attached hydrogens (primary N) is 5. The molecule has 90 heavy (non-hydrogen) atoms. The minimum Gasteiger partial charge on any atom is -0.508 e. The molecule has 1 aromatic carbocycles. The van der Waals surface area contributed by atoms with Crippen LogP contribution in [0.5, 0.6) is 5.75 Å². The molecule has 504 valence electrons. The lowest BCUT2D eigenvalue weighted by atomic mass is 9.94. The minimum absolute atomic E-state index is 0.00149. The van der Waals surface area contributed by atoms with Crippen molar-refractivity contribution in [3.63, 3.8) is 0 Å². The largest absolute Gasteiger partial charge is 0.508 e. The van der Waals surface area contributed by atoms with Crippen LogP contribution in [-0.4, -0.2) is 200 Å². The number of aromatic hydroxyl groups is 1. The molecule has 0 spiro atoms. The van der Waals surface area contributed by atoms with Crippen LogP contribution in [0.25, 0.3) is 0 Å². The molecule has 0 bridgehead atoms. The van der Waals surface area contributed by atoms with E-state index in [1.807, 2.05) is 13.2 Å². The van der Waals surface area contributed by atoms with Gasteiger partial charge in [0.25, 0.3) is 0 Å². The fourth-order valence-corrected chi connectivity index (χ4v) is 9.44. The molecule has 0 radical (unpaired) electrons. The Kier molecular flexibility index (Phi) is 36.3. The van der Waals surface area contributed by atoms with Crippen molar-refractivity contribution >= 4 is 82.8 Å². The van der Waals surface area contributed by atoms with E-state index in [1.165, 1.54) is 48.6 Å². The van der Waals surface area contributed by atoms with Crippen LogP contribution in [0.4, 0.5) is 0 Å². The number of hydrogen-bond donors (Lipinski definition) is 19. The maximum Gasteiger partial charge on any atom is 0.326 e. The molecule has 0 aliphatic rings. The number of rotatable bonds is 45. The molecular formula is C57H95N17O15S. The van der Waals surface area contributed by atoms with Gasteiger partial charge in [0, 0.05) is 31.3 Å². The Morgan fingerprint density at radius 1 is 0.578 bits per heavy atom. The number of hydrogen-bond acceptors (Lipinski definition) is 19. The van der Waals surface area contributed by atoms with Gasteiger partial charge in [-0.15, -0.1) is 0 Å². The predicted octanol–water partition coefficient (Wildman–Crippen LogP) is -3.70. The van der Waals surface area contributed by atoms with E-state index >= 15 is 0 Å². The van der Waals surface area contributed by atoms with Crippen molar-refractivity contribution < 1.29 is 73.2 Å². The highest BCUT2D eigenvalue weighted by atomic mass is 32.2. The van der Waals surface area contributed by atoms with Crippen molar-refractivity contribution in [2.24, 2.45) is 45.5 Å². The lowest BCUT2D eigenvalue weighted by Crippen LogP contribution is -2.62. The van der Waals surface area contributed by atoms with Crippen molar-refractivity contribution in [2.45, 2.75) is 178 Å². The molecule has 1 aromatic heterocycles. The summed E-state index contributed by atoms with van der Waals surface area (Å²) in [6.07, 6.45) is 4.75. The molecule has 33 heteroatoms. The van der Waals surface area contributed by atoms with Crippen molar-refractivity contribution in [2.75, 3.05) is 38.2 Å². The molecule has 32 nitrogen and oxygen atoms in total. The van der Waals surface area contributed by atoms with Gasteiger partial charge in [-0.25, -0.2) is 9.78 Å². The average molecular weight is 1290 g/mol. The van der Waals surface area contributed by atoms with Crippen LogP contribution in [0.3, 0.4) is 0 Å². The number of guanidine groups is 1. The molecule has 1 heterocycles. The van der Waals surface area contributed by atoms with Crippen LogP contribution in [0, 0.1) is 11.8 Å². The van der Waals surface area contributed by atoms with Crippen molar-refractivity contribution in [1.29, 1.82) is 0 Å². The number of carbonyl (C=O) groups excluding carboxylic acids is 9. The maximum atomic E-state index is 14.7. The number of carboxylic acid groups (broad SMARTS) is 2. The molecule has 0 aliphatic carbocycles. The van der Waals surface area contributed by atoms with Gasteiger partial charge in [0.15, 0.2) is 5.96 Å². The highest BCUT2D eigenvalue weighted by molar-refractivity contribution is 7.98. The van der Waals surface area contributed by atoms with Crippen molar-refractivity contribution in [3.05, 3.63) is 48.0 Å². The first-order valence-corrected chi connectivity index (χ1v) is 31.4. The van der Waals surface area contributed by atoms with E-state index in [-0.39, 0.29) is 82.7 Å². The lowest BCUT2D eigenvalue weighted by Gasteiger charge is -2.31. The van der Waals surface area contributed by atoms with E-state index in [0.717, 1.165) is 0 Å². The molecule has 2 aromatic rings. The number of nitrogens with one attached hydrogen (secondary N) is 10. The topological polar surface area (TPSA) is 548 Å². The maximum absolute atomic E-state index is 14.7. The summed E-state index contributed by atoms with van der Waals surface area (Å²) in [4.78, 5) is 162. The number of nitrogens with zero attached hydrogens (tertiary/aromatic N) is 2. The number of aromatic amines is 1. The number of aliphatic carboxylic acids is 2. The number of aliphatic imine (C=N–C) groups is 1. The normalized spacial score (nSPS) is 15.1. The van der Waals surface area contributed by atoms with Crippen molar-refractivity contribution in [3.8, 4) is 5.75 Å². The quantitative estimate of drug-likeness (QED) is 0.0172. The number of phenols is 1. The Morgan fingerprint density at radius 3 is 1.48 bits per heavy atom. The van der Waals surface area contributed by atoms with Crippen molar-refractivity contribution in [1.82, 2.24) is 57.8 Å². The minimum atomic E-state index is -1.95. The van der Waals surface area contributed by atoms with Crippen LogP contribution in [0.15, 0.2) is 41.8 Å². The fraction of sp³-hybridized carbons (Fsp3) is 0.632. The summed E-state index contributed by atoms with van der Waals surface area (Å²) in [6.45, 7) is 6.29. The third-order valence-corrected chi connectivity index (χ3v) is 15.4. The third-order valence-electron chi connectivity index (χ3n) is 14.7. The Morgan fingerprint density at radius 2 is 1.02 bits per heavy atom. The second-order valence-corrected chi connectivity index (χ2v) is 22.8. The molecule has 0 aliphatic heterocycles. The van der Waals surface area contributed by atoms with Gasteiger partial charge >= 0.3 is 11.9 Å². The number of aromatic nitrogens is 2. The second-order valence-electron chi connectivity index (χ2n) is 21.8. The highest BCUT2D eigenvalue weighted by Gasteiger charge is 2.38. The number of aliphatic hydroxyl groups excluding tert-OH is 1. The number of benzene rings is 1. The molecule has 9 amide bonds. The summed E-state index contributed by atoms with van der Waals surface area (Å²) >= 11 is 1.50. The zero-order chi connectivity index (χ0) is 67.5. The van der Waals surface area contributed by atoms with Gasteiger partial charge in [0.05, 0.1) is 25.4 Å². The van der Waals surface area contributed by atoms with Gasteiger partial charge < -0.3 is 102 Å². The Labute approximate surface area is 527 Å². The zero-order valence-corrected chi connectivity index (χ0v) is 52.6. The third kappa shape index (κ3) is 28.6. The summed E-state index contributed by atoms with van der Waals surface area (Å²) in [6, 6.07) is -8.98. The van der Waals surface area contributed by atoms with E-state index in [4.69, 9.17) is 28.7 Å². The predicted molar refractivity (Wildman–Crippen MR) is 334 cm³/mol. The number of thioether (sulfide) groups is 1. The Balaban J connectivity index is 2.56. The smallest absolute Gasteiger partial charge is 0.326 e. The first kappa shape index (κ1) is 78.0. The number of imidazole rings is 1. The number of unbranched alkanes of at least 4 members (excludes halogenated alkanes) is 2. The van der Waals surface area contributed by atoms with Crippen LogP contribution >= 0.6 is 11.8 Å². The van der Waals surface area contributed by atoms with E-state index in [2.05, 4.69) is 62.8 Å². The number of carbonyl (C=O) groups is 11. The summed E-state index contributed by atoms with van der Waals surface area (Å²) < 4.78 is 0. The standard InChI is InChI=1S/C57H95N17O15S/c1-6-31(3)45(74-55(87)46(32(4)7-2)73-47(79)36(60)20-24-90-5)54(86)70-40(25-33-16-18-35(76)19-17-33)51(83)68-39(15-12-23-64-57(61)62)49(81)69-41(27-44(77)78)52(84)67-37(13-8-10-21-58)48(80)66-38(14-9-11-22-59)50(82)72-43(29-75)53(85)71-42(56(88)89)26-34-28-63-30-65-34/h16-19,28,30-32,36-43,45-46,75-76H,6-15,20-27,29,58-60H2,1-5H3,(H,63,65)(H,66,80)(H,67,84)(H,68,83)(H,69,81)(H,70,86)(H,71,85)(H,72,82)(H,73,79)(H,74,87)(H,77,78)(H,88,89)(H4,61,62,64)/t31-,32-,36-,37-,38-,39-,40-,41-,42-,43-,45-,46-/m0/s1. The molecule has 24 N–H and O–H groups in total. The first-order valence-electron chi connectivity index (χ1n) is 30.0. The summed E-state index contributed by atoms with van der Waals surface area (Å²) in [5.74, 6) is -12.2. The average Bonchev–Trinajstić information content (AvgIpc) is 1.33. The van der Waals surface area contributed by atoms with E-state index in [9.17, 15) is 73.2 Å². The van der Waals surface area contributed by atoms with E-state index in [0.29, 0.717) is 49.1 Å². The second kappa shape index (κ2) is 42.0. The highest BCUT2D eigenvalue weighted by Crippen LogP contribution is 2.17. The Hall–Kier alpha value is -8.14. The number of carboxylic acids is 2. The molecule has 0 fully saturated rings. The number of aliphatic hydroxyl groups is 1. The summed E-state index contributed by atoms with van der Waals surface area (Å²) in [5.41, 5.74) is 29.5. The number of amides is 9. The Bertz CT molecular complexity index is 2650. The van der Waals surface area contributed by atoms with Crippen LogP contribution in [-0.2, 0) is 65.6 Å².